The Labute approximate surface area is 297 Å². The third-order valence-electron chi connectivity index (χ3n) is 9.11. The summed E-state index contributed by atoms with van der Waals surface area (Å²) in [6.07, 6.45) is -6.19. The van der Waals surface area contributed by atoms with E-state index in [4.69, 9.17) is 14.9 Å². The molecule has 3 aromatic carbocycles. The number of aromatic nitrogens is 2. The highest BCUT2D eigenvalue weighted by molar-refractivity contribution is 6.04. The number of aliphatic carboxylic acids is 1. The summed E-state index contributed by atoms with van der Waals surface area (Å²) < 4.78 is 59.8. The summed E-state index contributed by atoms with van der Waals surface area (Å²) in [5.41, 5.74) is 3.03. The molecule has 1 fully saturated rings. The number of alkyl halides is 5. The van der Waals surface area contributed by atoms with E-state index in [1.807, 2.05) is 80.8 Å². The summed E-state index contributed by atoms with van der Waals surface area (Å²) in [5, 5.41) is 24.0. The van der Waals surface area contributed by atoms with Crippen LogP contribution >= 0.6 is 0 Å². The van der Waals surface area contributed by atoms with Crippen LogP contribution in [-0.2, 0) is 17.8 Å². The van der Waals surface area contributed by atoms with E-state index in [0.717, 1.165) is 36.0 Å². The number of hydrogen-bond acceptors (Lipinski definition) is 5. The molecule has 1 aliphatic rings. The first kappa shape index (κ1) is 39.7. The molecule has 3 atom stereocenters. The zero-order chi connectivity index (χ0) is 38.4. The Morgan fingerprint density at radius 3 is 2.12 bits per heavy atom. The molecule has 1 saturated heterocycles. The molecule has 0 bridgehead atoms. The van der Waals surface area contributed by atoms with Gasteiger partial charge >= 0.3 is 18.2 Å². The van der Waals surface area contributed by atoms with Crippen LogP contribution < -0.4 is 10.6 Å². The third kappa shape index (κ3) is 10.0. The fourth-order valence-corrected chi connectivity index (χ4v) is 5.92. The molecule has 4 aromatic rings. The van der Waals surface area contributed by atoms with Gasteiger partial charge in [-0.05, 0) is 73.5 Å². The van der Waals surface area contributed by atoms with Crippen LogP contribution in [0.25, 0.3) is 11.0 Å². The molecule has 10 nitrogen and oxygen atoms in total. The fraction of sp³-hybridized carbons (Fsp3) is 0.405. The van der Waals surface area contributed by atoms with Gasteiger partial charge in [-0.2, -0.15) is 13.2 Å². The Balaban J connectivity index is 0.000000785. The summed E-state index contributed by atoms with van der Waals surface area (Å²) in [6, 6.07) is 20.3. The number of halogens is 5. The Bertz CT molecular complexity index is 1840. The van der Waals surface area contributed by atoms with E-state index in [-0.39, 0.29) is 28.6 Å². The van der Waals surface area contributed by atoms with Crippen LogP contribution in [0.1, 0.15) is 80.1 Å². The first-order valence-corrected chi connectivity index (χ1v) is 16.6. The average Bonchev–Trinajstić information content (AvgIpc) is 3.71. The second kappa shape index (κ2) is 16.5. The van der Waals surface area contributed by atoms with Crippen molar-refractivity contribution in [1.29, 1.82) is 0 Å². The zero-order valence-electron chi connectivity index (χ0n) is 29.1. The number of anilines is 1. The Hall–Kier alpha value is -5.05. The molecule has 52 heavy (non-hydrogen) atoms. The molecule has 15 heteroatoms. The normalized spacial score (nSPS) is 15.8. The molecule has 0 aliphatic carbocycles. The van der Waals surface area contributed by atoms with Crippen LogP contribution in [0, 0.1) is 5.41 Å². The molecular formula is C37H42F5N5O5. The molecule has 0 radical (unpaired) electrons. The summed E-state index contributed by atoms with van der Waals surface area (Å²) in [5.74, 6) is -2.87. The number of carbonyl (C=O) groups excluding carboxylic acids is 1. The van der Waals surface area contributed by atoms with Crippen molar-refractivity contribution in [3.63, 3.8) is 0 Å². The van der Waals surface area contributed by atoms with Gasteiger partial charge in [-0.25, -0.2) is 23.4 Å². The van der Waals surface area contributed by atoms with Gasteiger partial charge in [-0.1, -0.05) is 69.3 Å². The number of benzene rings is 3. The van der Waals surface area contributed by atoms with Gasteiger partial charge in [0.2, 0.25) is 5.95 Å². The van der Waals surface area contributed by atoms with Crippen molar-refractivity contribution < 1.29 is 46.5 Å². The molecule has 1 aliphatic heterocycles. The van der Waals surface area contributed by atoms with Crippen LogP contribution in [0.15, 0.2) is 72.8 Å². The van der Waals surface area contributed by atoms with Crippen molar-refractivity contribution in [2.45, 2.75) is 84.2 Å². The first-order chi connectivity index (χ1) is 24.4. The minimum Gasteiger partial charge on any atom is -0.475 e. The second-order valence-corrected chi connectivity index (χ2v) is 13.7. The van der Waals surface area contributed by atoms with Gasteiger partial charge in [0.05, 0.1) is 17.1 Å². The van der Waals surface area contributed by atoms with Crippen LogP contribution in [0.5, 0.6) is 0 Å². The van der Waals surface area contributed by atoms with E-state index < -0.39 is 36.6 Å². The highest BCUT2D eigenvalue weighted by Gasteiger charge is 2.38. The van der Waals surface area contributed by atoms with Crippen molar-refractivity contribution in [3.8, 4) is 0 Å². The van der Waals surface area contributed by atoms with Gasteiger partial charge in [0.15, 0.2) is 0 Å². The maximum Gasteiger partial charge on any atom is 0.490 e. The number of imidazole rings is 1. The molecule has 4 N–H and O–H groups in total. The average molecular weight is 732 g/mol. The third-order valence-corrected chi connectivity index (χ3v) is 9.11. The maximum absolute atomic E-state index is 13.2. The molecule has 280 valence electrons. The van der Waals surface area contributed by atoms with Crippen LogP contribution in [0.4, 0.5) is 32.7 Å². The topological polar surface area (TPSA) is 137 Å². The molecule has 0 spiro atoms. The molecule has 1 aromatic heterocycles. The monoisotopic (exact) mass is 731 g/mol. The fourth-order valence-electron chi connectivity index (χ4n) is 5.92. The number of hydrogen-bond donors (Lipinski definition) is 4. The van der Waals surface area contributed by atoms with Crippen molar-refractivity contribution in [3.05, 3.63) is 95.1 Å². The lowest BCUT2D eigenvalue weighted by atomic mass is 9.84. The van der Waals surface area contributed by atoms with E-state index in [2.05, 4.69) is 10.6 Å². The highest BCUT2D eigenvalue weighted by atomic mass is 19.4. The minimum atomic E-state index is -5.08. The number of carbonyl (C=O) groups is 3. The van der Waals surface area contributed by atoms with Gasteiger partial charge in [0.25, 0.3) is 12.3 Å². The van der Waals surface area contributed by atoms with Gasteiger partial charge < -0.3 is 20.1 Å². The van der Waals surface area contributed by atoms with Crippen molar-refractivity contribution in [1.82, 2.24) is 19.8 Å². The van der Waals surface area contributed by atoms with Crippen molar-refractivity contribution >= 4 is 35.0 Å². The highest BCUT2D eigenvalue weighted by Crippen LogP contribution is 2.35. The molecule has 0 saturated carbocycles. The quantitative estimate of drug-likeness (QED) is 0.121. The summed E-state index contributed by atoms with van der Waals surface area (Å²) in [6.45, 7) is 9.53. The van der Waals surface area contributed by atoms with E-state index in [0.29, 0.717) is 24.4 Å². The van der Waals surface area contributed by atoms with Crippen molar-refractivity contribution in [2.75, 3.05) is 11.9 Å². The standard InChI is InChI=1S/C35H41F2N5O3.C2HF3O2/c1-22(35(2,3)4)42(34(44)45)30(19-23-9-6-5-7-10-23)26-16-17-29-28(20-26)39-33(41(29)21-27-11-8-18-38-27)40-32(43)25-14-12-24(13-15-25)31(36)37;3-2(4,5)1(6)7/h5-7,9-10,12-17,20,22,27,30-31,38H,8,11,18-19,21H2,1-4H3,(H,44,45)(H,39,40,43);(H,6,7)/t22-,27?,30?;/m0./s1. The molecular weight excluding hydrogens is 689 g/mol. The SMILES string of the molecule is C[C@H](N(C(=O)O)C(Cc1ccccc1)c1ccc2c(c1)nc(NC(=O)c1ccc(C(F)F)cc1)n2CC1CCCN1)C(C)(C)C.O=C(O)C(F)(F)F. The minimum absolute atomic E-state index is 0.153. The Morgan fingerprint density at radius 2 is 1.60 bits per heavy atom. The largest absolute Gasteiger partial charge is 0.490 e. The first-order valence-electron chi connectivity index (χ1n) is 16.6. The van der Waals surface area contributed by atoms with Crippen LogP contribution in [0.2, 0.25) is 0 Å². The maximum atomic E-state index is 13.2. The van der Waals surface area contributed by atoms with E-state index in [1.165, 1.54) is 24.3 Å². The predicted octanol–water partition coefficient (Wildman–Crippen LogP) is 8.31. The lowest BCUT2D eigenvalue weighted by Gasteiger charge is -2.41. The number of fused-ring (bicyclic) bond motifs is 1. The van der Waals surface area contributed by atoms with Gasteiger partial charge in [-0.3, -0.25) is 15.0 Å². The summed E-state index contributed by atoms with van der Waals surface area (Å²) in [4.78, 5) is 41.3. The van der Waals surface area contributed by atoms with E-state index in [1.54, 1.807) is 4.90 Å². The van der Waals surface area contributed by atoms with Crippen LogP contribution in [-0.4, -0.2) is 67.4 Å². The van der Waals surface area contributed by atoms with E-state index in [9.17, 15) is 36.6 Å². The number of carboxylic acids is 1. The van der Waals surface area contributed by atoms with E-state index >= 15 is 0 Å². The lowest BCUT2D eigenvalue weighted by molar-refractivity contribution is -0.192. The second-order valence-electron chi connectivity index (χ2n) is 13.7. The molecule has 2 amide bonds. The molecule has 5 rings (SSSR count). The number of carboxylic acid groups (broad SMARTS) is 2. The van der Waals surface area contributed by atoms with Crippen LogP contribution in [0.3, 0.4) is 0 Å². The number of rotatable bonds is 10. The van der Waals surface area contributed by atoms with Gasteiger partial charge in [0, 0.05) is 29.8 Å². The smallest absolute Gasteiger partial charge is 0.475 e. The lowest BCUT2D eigenvalue weighted by Crippen LogP contribution is -2.47. The Kier molecular flexibility index (Phi) is 12.6. The zero-order valence-corrected chi connectivity index (χ0v) is 29.1. The number of amides is 2. The number of nitrogens with one attached hydrogen (secondary N) is 2. The Morgan fingerprint density at radius 1 is 0.981 bits per heavy atom. The summed E-state index contributed by atoms with van der Waals surface area (Å²) in [7, 11) is 0. The predicted molar refractivity (Wildman–Crippen MR) is 185 cm³/mol. The van der Waals surface area contributed by atoms with Gasteiger partial charge in [0.1, 0.15) is 0 Å². The number of nitrogens with zero attached hydrogens (tertiary/aromatic N) is 3. The summed E-state index contributed by atoms with van der Waals surface area (Å²) >= 11 is 0. The molecule has 2 unspecified atom stereocenters. The van der Waals surface area contributed by atoms with Gasteiger partial charge in [-0.15, -0.1) is 0 Å². The molecule has 2 heterocycles. The van der Waals surface area contributed by atoms with Crippen molar-refractivity contribution in [2.24, 2.45) is 5.41 Å².